The van der Waals surface area contributed by atoms with Gasteiger partial charge in [-0.1, -0.05) is 6.07 Å². The number of hydrogen-bond acceptors (Lipinski definition) is 2. The van der Waals surface area contributed by atoms with Gasteiger partial charge in [-0.15, -0.1) is 11.6 Å². The Balaban J connectivity index is 2.95. The molecule has 0 aliphatic carbocycles. The van der Waals surface area contributed by atoms with Gasteiger partial charge in [-0.25, -0.2) is 0 Å². The molecule has 0 heterocycles. The van der Waals surface area contributed by atoms with Crippen LogP contribution in [0.2, 0.25) is 0 Å². The van der Waals surface area contributed by atoms with Crippen molar-refractivity contribution in [3.63, 3.8) is 0 Å². The van der Waals surface area contributed by atoms with E-state index in [0.29, 0.717) is 11.4 Å². The Bertz CT molecular complexity index is 390. The first-order valence-electron chi connectivity index (χ1n) is 5.01. The van der Waals surface area contributed by atoms with Gasteiger partial charge in [0, 0.05) is 18.5 Å². The Morgan fingerprint density at radius 3 is 2.62 bits per heavy atom. The van der Waals surface area contributed by atoms with Gasteiger partial charge in [0.15, 0.2) is 0 Å². The van der Waals surface area contributed by atoms with Crippen LogP contribution < -0.4 is 0 Å². The molecule has 1 amide bonds. The number of hydrogen-bond donors (Lipinski definition) is 1. The van der Waals surface area contributed by atoms with Gasteiger partial charge in [-0.3, -0.25) is 4.79 Å². The molecule has 0 saturated carbocycles. The summed E-state index contributed by atoms with van der Waals surface area (Å²) < 4.78 is 0. The third kappa shape index (κ3) is 2.67. The predicted molar refractivity (Wildman–Crippen MR) is 65.0 cm³/mol. The van der Waals surface area contributed by atoms with Gasteiger partial charge in [0.25, 0.3) is 5.91 Å². The quantitative estimate of drug-likeness (QED) is 0.826. The number of carbonyl (C=O) groups excluding carboxylic acids is 1. The molecule has 1 aromatic carbocycles. The monoisotopic (exact) mass is 241 g/mol. The first kappa shape index (κ1) is 12.8. The Morgan fingerprint density at radius 1 is 1.50 bits per heavy atom. The van der Waals surface area contributed by atoms with Gasteiger partial charge >= 0.3 is 0 Å². The van der Waals surface area contributed by atoms with Crippen molar-refractivity contribution in [1.82, 2.24) is 4.90 Å². The number of alkyl halides is 1. The van der Waals surface area contributed by atoms with E-state index in [-0.39, 0.29) is 11.7 Å². The molecule has 16 heavy (non-hydrogen) atoms. The molecule has 0 radical (unpaired) electrons. The van der Waals surface area contributed by atoms with Crippen molar-refractivity contribution in [2.75, 3.05) is 12.9 Å². The lowest BCUT2D eigenvalue weighted by atomic mass is 10.0. The van der Waals surface area contributed by atoms with Crippen molar-refractivity contribution in [1.29, 1.82) is 0 Å². The minimum absolute atomic E-state index is 0.0860. The molecule has 0 unspecified atom stereocenters. The fraction of sp³-hybridized carbons (Fsp3) is 0.417. The zero-order valence-electron chi connectivity index (χ0n) is 9.70. The largest absolute Gasteiger partial charge is 0.508 e. The molecule has 0 fully saturated rings. The molecule has 1 N–H and O–H groups in total. The molecule has 3 nitrogen and oxygen atoms in total. The number of amides is 1. The van der Waals surface area contributed by atoms with Crippen LogP contribution in [0.3, 0.4) is 0 Å². The van der Waals surface area contributed by atoms with Crippen LogP contribution in [0, 0.1) is 0 Å². The third-order valence-electron chi connectivity index (χ3n) is 2.63. The summed E-state index contributed by atoms with van der Waals surface area (Å²) in [6.45, 7) is 3.78. The smallest absolute Gasteiger partial charge is 0.254 e. The summed E-state index contributed by atoms with van der Waals surface area (Å²) in [5, 5.41) is 9.31. The summed E-state index contributed by atoms with van der Waals surface area (Å²) >= 11 is 5.81. The van der Waals surface area contributed by atoms with Crippen molar-refractivity contribution in [2.24, 2.45) is 0 Å². The number of aromatic hydroxyl groups is 1. The first-order chi connectivity index (χ1) is 7.38. The van der Waals surface area contributed by atoms with Gasteiger partial charge in [0.05, 0.1) is 5.54 Å². The van der Waals surface area contributed by atoms with E-state index in [2.05, 4.69) is 0 Å². The maximum Gasteiger partial charge on any atom is 0.254 e. The van der Waals surface area contributed by atoms with E-state index >= 15 is 0 Å². The fourth-order valence-electron chi connectivity index (χ4n) is 1.20. The molecular formula is C12H16ClNO2. The number of carbonyl (C=O) groups is 1. The van der Waals surface area contributed by atoms with Crippen molar-refractivity contribution in [2.45, 2.75) is 19.4 Å². The van der Waals surface area contributed by atoms with Gasteiger partial charge < -0.3 is 10.0 Å². The molecule has 0 aliphatic heterocycles. The van der Waals surface area contributed by atoms with Crippen LogP contribution in [0.25, 0.3) is 0 Å². The van der Waals surface area contributed by atoms with Gasteiger partial charge in [-0.2, -0.15) is 0 Å². The number of nitrogens with zero attached hydrogens (tertiary/aromatic N) is 1. The number of benzene rings is 1. The maximum atomic E-state index is 12.1. The molecule has 0 saturated heterocycles. The molecule has 0 atom stereocenters. The van der Waals surface area contributed by atoms with Crippen LogP contribution in [0.15, 0.2) is 24.3 Å². The third-order valence-corrected chi connectivity index (χ3v) is 3.29. The molecular weight excluding hydrogens is 226 g/mol. The number of rotatable bonds is 3. The lowest BCUT2D eigenvalue weighted by Gasteiger charge is -2.33. The fourth-order valence-corrected chi connectivity index (χ4v) is 1.38. The molecule has 0 aromatic heterocycles. The predicted octanol–water partition coefficient (Wildman–Crippen LogP) is 2.48. The minimum Gasteiger partial charge on any atom is -0.508 e. The summed E-state index contributed by atoms with van der Waals surface area (Å²) in [4.78, 5) is 13.6. The summed E-state index contributed by atoms with van der Waals surface area (Å²) in [7, 11) is 1.70. The highest BCUT2D eigenvalue weighted by atomic mass is 35.5. The molecule has 88 valence electrons. The molecule has 0 bridgehead atoms. The van der Waals surface area contributed by atoms with Crippen LogP contribution in [-0.2, 0) is 0 Å². The zero-order valence-corrected chi connectivity index (χ0v) is 10.5. The second-order valence-corrected chi connectivity index (χ2v) is 4.63. The Hall–Kier alpha value is -1.22. The van der Waals surface area contributed by atoms with Crippen molar-refractivity contribution in [3.8, 4) is 5.75 Å². The summed E-state index contributed by atoms with van der Waals surface area (Å²) in [6.07, 6.45) is 0. The molecule has 4 heteroatoms. The second kappa shape index (κ2) is 4.74. The second-order valence-electron chi connectivity index (χ2n) is 4.36. The van der Waals surface area contributed by atoms with Crippen LogP contribution in [0.4, 0.5) is 0 Å². The van der Waals surface area contributed by atoms with E-state index in [1.54, 1.807) is 24.1 Å². The lowest BCUT2D eigenvalue weighted by Crippen LogP contribution is -2.46. The van der Waals surface area contributed by atoms with Crippen LogP contribution in [0.1, 0.15) is 24.2 Å². The van der Waals surface area contributed by atoms with Crippen LogP contribution >= 0.6 is 11.6 Å². The molecule has 1 aromatic rings. The average molecular weight is 242 g/mol. The topological polar surface area (TPSA) is 40.5 Å². The number of phenolic OH excluding ortho intramolecular Hbond substituents is 1. The summed E-state index contributed by atoms with van der Waals surface area (Å²) in [5.74, 6) is 0.290. The van der Waals surface area contributed by atoms with Crippen LogP contribution in [-0.4, -0.2) is 34.4 Å². The highest BCUT2D eigenvalue weighted by Crippen LogP contribution is 2.19. The Morgan fingerprint density at radius 2 is 2.12 bits per heavy atom. The van der Waals surface area contributed by atoms with E-state index < -0.39 is 5.54 Å². The normalized spacial score (nSPS) is 11.2. The molecule has 1 rings (SSSR count). The SMILES string of the molecule is CN(C(=O)c1cccc(O)c1)C(C)(C)CCl. The summed E-state index contributed by atoms with van der Waals surface area (Å²) in [6, 6.07) is 6.29. The minimum atomic E-state index is -0.413. The van der Waals surface area contributed by atoms with Crippen molar-refractivity contribution >= 4 is 17.5 Å². The summed E-state index contributed by atoms with van der Waals surface area (Å²) in [5.41, 5.74) is 0.0464. The number of halogens is 1. The van der Waals surface area contributed by atoms with Crippen molar-refractivity contribution < 1.29 is 9.90 Å². The van der Waals surface area contributed by atoms with Gasteiger partial charge in [0.1, 0.15) is 5.75 Å². The Labute approximate surface area is 101 Å². The highest BCUT2D eigenvalue weighted by Gasteiger charge is 2.27. The van der Waals surface area contributed by atoms with Gasteiger partial charge in [0.2, 0.25) is 0 Å². The standard InChI is InChI=1S/C12H16ClNO2/c1-12(2,8-13)14(3)11(16)9-5-4-6-10(15)7-9/h4-7,15H,8H2,1-3H3. The van der Waals surface area contributed by atoms with E-state index in [0.717, 1.165) is 0 Å². The van der Waals surface area contributed by atoms with Gasteiger partial charge in [-0.05, 0) is 32.0 Å². The number of phenols is 1. The Kier molecular flexibility index (Phi) is 3.81. The zero-order chi connectivity index (χ0) is 12.3. The lowest BCUT2D eigenvalue weighted by molar-refractivity contribution is 0.0660. The highest BCUT2D eigenvalue weighted by molar-refractivity contribution is 6.18. The molecule has 0 spiro atoms. The van der Waals surface area contributed by atoms with E-state index in [1.807, 2.05) is 13.8 Å². The van der Waals surface area contributed by atoms with E-state index in [1.165, 1.54) is 12.1 Å². The molecule has 0 aliphatic rings. The average Bonchev–Trinajstić information content (AvgIpc) is 2.27. The maximum absolute atomic E-state index is 12.1. The van der Waals surface area contributed by atoms with Crippen molar-refractivity contribution in [3.05, 3.63) is 29.8 Å². The first-order valence-corrected chi connectivity index (χ1v) is 5.55. The van der Waals surface area contributed by atoms with E-state index in [9.17, 15) is 9.90 Å². The van der Waals surface area contributed by atoms with E-state index in [4.69, 9.17) is 11.6 Å². The van der Waals surface area contributed by atoms with Crippen LogP contribution in [0.5, 0.6) is 5.75 Å².